The van der Waals surface area contributed by atoms with Crippen molar-refractivity contribution >= 4 is 34.8 Å². The zero-order valence-corrected chi connectivity index (χ0v) is 18.7. The lowest BCUT2D eigenvalue weighted by Crippen LogP contribution is -2.27. The molecular weight excluding hydrogens is 392 g/mol. The van der Waals surface area contributed by atoms with Crippen molar-refractivity contribution in [3.63, 3.8) is 0 Å². The highest BCUT2D eigenvalue weighted by atomic mass is 16.2. The average Bonchev–Trinajstić information content (AvgIpc) is 2.72. The first-order chi connectivity index (χ1) is 14.7. The molecule has 0 aliphatic carbocycles. The van der Waals surface area contributed by atoms with Gasteiger partial charge in [-0.1, -0.05) is 40.2 Å². The number of rotatable bonds is 9. The fourth-order valence-corrected chi connectivity index (χ4v) is 2.60. The van der Waals surface area contributed by atoms with Gasteiger partial charge in [0.1, 0.15) is 0 Å². The lowest BCUT2D eigenvalue weighted by molar-refractivity contribution is -0.123. The molecule has 0 saturated carbocycles. The van der Waals surface area contributed by atoms with Gasteiger partial charge in [0, 0.05) is 34.6 Å². The highest BCUT2D eigenvalue weighted by Gasteiger charge is 2.21. The van der Waals surface area contributed by atoms with Crippen LogP contribution in [0.5, 0.6) is 0 Å². The highest BCUT2D eigenvalue weighted by Crippen LogP contribution is 2.20. The summed E-state index contributed by atoms with van der Waals surface area (Å²) in [5.41, 5.74) is 2.07. The van der Waals surface area contributed by atoms with E-state index in [4.69, 9.17) is 0 Å². The van der Waals surface area contributed by atoms with Crippen molar-refractivity contribution in [2.75, 3.05) is 29.0 Å². The molecule has 0 heterocycles. The summed E-state index contributed by atoms with van der Waals surface area (Å²) in [5, 5.41) is 11.6. The second-order valence-corrected chi connectivity index (χ2v) is 8.37. The number of hydrogen-bond acceptors (Lipinski definition) is 4. The second kappa shape index (κ2) is 11.2. The Balaban J connectivity index is 1.85. The first-order valence-corrected chi connectivity index (χ1v) is 10.5. The number of carbonyl (C=O) groups is 3. The van der Waals surface area contributed by atoms with Crippen LogP contribution >= 0.6 is 0 Å². The van der Waals surface area contributed by atoms with Crippen molar-refractivity contribution in [1.82, 2.24) is 5.32 Å². The second-order valence-electron chi connectivity index (χ2n) is 8.37. The number of nitrogens with one attached hydrogen (secondary N) is 4. The third-order valence-electron chi connectivity index (χ3n) is 4.50. The van der Waals surface area contributed by atoms with Crippen molar-refractivity contribution < 1.29 is 14.4 Å². The van der Waals surface area contributed by atoms with Gasteiger partial charge in [0.2, 0.25) is 11.8 Å². The standard InChI is InChI=1S/C24H32N4O3/c1-5-6-14-25-22(30)17-10-12-18(13-11-17)27-21(29)16-26-19-8-7-9-20(15-19)28-23(31)24(2,3)4/h7-13,15,26H,5-6,14,16H2,1-4H3,(H,25,30)(H,27,29)(H,28,31). The van der Waals surface area contributed by atoms with Gasteiger partial charge in [0.05, 0.1) is 6.54 Å². The molecule has 2 rings (SSSR count). The predicted molar refractivity (Wildman–Crippen MR) is 125 cm³/mol. The molecule has 0 radical (unpaired) electrons. The van der Waals surface area contributed by atoms with Crippen molar-refractivity contribution in [3.05, 3.63) is 54.1 Å². The number of amides is 3. The van der Waals surface area contributed by atoms with Crippen LogP contribution in [0.4, 0.5) is 17.1 Å². The fourth-order valence-electron chi connectivity index (χ4n) is 2.60. The Bertz CT molecular complexity index is 902. The van der Waals surface area contributed by atoms with Gasteiger partial charge >= 0.3 is 0 Å². The molecule has 166 valence electrons. The molecule has 0 saturated heterocycles. The summed E-state index contributed by atoms with van der Waals surface area (Å²) in [4.78, 5) is 36.4. The maximum Gasteiger partial charge on any atom is 0.251 e. The lowest BCUT2D eigenvalue weighted by Gasteiger charge is -2.18. The first kappa shape index (κ1) is 23.9. The lowest BCUT2D eigenvalue weighted by atomic mass is 9.95. The average molecular weight is 425 g/mol. The summed E-state index contributed by atoms with van der Waals surface area (Å²) in [5.74, 6) is -0.416. The van der Waals surface area contributed by atoms with Crippen LogP contribution in [0.15, 0.2) is 48.5 Å². The normalized spacial score (nSPS) is 10.8. The van der Waals surface area contributed by atoms with Crippen LogP contribution in [-0.4, -0.2) is 30.8 Å². The van der Waals surface area contributed by atoms with Crippen molar-refractivity contribution in [2.24, 2.45) is 5.41 Å². The molecule has 2 aromatic rings. The molecule has 2 aromatic carbocycles. The molecule has 3 amide bonds. The Morgan fingerprint density at radius 2 is 1.55 bits per heavy atom. The maximum absolute atomic E-state index is 12.3. The van der Waals surface area contributed by atoms with Crippen LogP contribution < -0.4 is 21.3 Å². The molecule has 0 bridgehead atoms. The summed E-state index contributed by atoms with van der Waals surface area (Å²) in [6.45, 7) is 8.33. The molecule has 0 aromatic heterocycles. The first-order valence-electron chi connectivity index (χ1n) is 10.5. The highest BCUT2D eigenvalue weighted by molar-refractivity contribution is 5.97. The fraction of sp³-hybridized carbons (Fsp3) is 0.375. The largest absolute Gasteiger partial charge is 0.376 e. The van der Waals surface area contributed by atoms with E-state index in [1.54, 1.807) is 36.4 Å². The minimum absolute atomic E-state index is 0.0654. The minimum atomic E-state index is -0.491. The van der Waals surface area contributed by atoms with Gasteiger partial charge in [-0.3, -0.25) is 14.4 Å². The maximum atomic E-state index is 12.3. The molecule has 7 heteroatoms. The third kappa shape index (κ3) is 8.12. The molecular formula is C24H32N4O3. The van der Waals surface area contributed by atoms with Crippen LogP contribution in [0.25, 0.3) is 0 Å². The monoisotopic (exact) mass is 424 g/mol. The topological polar surface area (TPSA) is 99.3 Å². The SMILES string of the molecule is CCCCNC(=O)c1ccc(NC(=O)CNc2cccc(NC(=O)C(C)(C)C)c2)cc1. The van der Waals surface area contributed by atoms with E-state index in [0.717, 1.165) is 18.5 Å². The Labute approximate surface area is 184 Å². The van der Waals surface area contributed by atoms with E-state index < -0.39 is 5.41 Å². The van der Waals surface area contributed by atoms with Gasteiger partial charge in [-0.05, 0) is 48.9 Å². The van der Waals surface area contributed by atoms with E-state index in [-0.39, 0.29) is 24.3 Å². The summed E-state index contributed by atoms with van der Waals surface area (Å²) in [6.07, 6.45) is 1.97. The number of benzene rings is 2. The van der Waals surface area contributed by atoms with Crippen LogP contribution in [0.2, 0.25) is 0 Å². The van der Waals surface area contributed by atoms with E-state index in [2.05, 4.69) is 28.2 Å². The van der Waals surface area contributed by atoms with Crippen LogP contribution in [0.1, 0.15) is 50.9 Å². The number of anilines is 3. The van der Waals surface area contributed by atoms with Crippen molar-refractivity contribution in [2.45, 2.75) is 40.5 Å². The molecule has 0 unspecified atom stereocenters. The molecule has 4 N–H and O–H groups in total. The van der Waals surface area contributed by atoms with E-state index >= 15 is 0 Å². The van der Waals surface area contributed by atoms with E-state index in [1.165, 1.54) is 0 Å². The Morgan fingerprint density at radius 1 is 0.871 bits per heavy atom. The van der Waals surface area contributed by atoms with Gasteiger partial charge < -0.3 is 21.3 Å². The van der Waals surface area contributed by atoms with Gasteiger partial charge in [-0.25, -0.2) is 0 Å². The van der Waals surface area contributed by atoms with Crippen molar-refractivity contribution in [3.8, 4) is 0 Å². The summed E-state index contributed by atoms with van der Waals surface area (Å²) in [6, 6.07) is 14.0. The Morgan fingerprint density at radius 3 is 2.19 bits per heavy atom. The van der Waals surface area contributed by atoms with E-state index in [1.807, 2.05) is 32.9 Å². The molecule has 0 spiro atoms. The molecule has 7 nitrogen and oxygen atoms in total. The van der Waals surface area contributed by atoms with Crippen LogP contribution in [-0.2, 0) is 9.59 Å². The molecule has 31 heavy (non-hydrogen) atoms. The Kier molecular flexibility index (Phi) is 8.61. The Hall–Kier alpha value is -3.35. The number of unbranched alkanes of at least 4 members (excludes halogenated alkanes) is 1. The van der Waals surface area contributed by atoms with Crippen molar-refractivity contribution in [1.29, 1.82) is 0 Å². The zero-order valence-electron chi connectivity index (χ0n) is 18.7. The smallest absolute Gasteiger partial charge is 0.251 e. The van der Waals surface area contributed by atoms with Gasteiger partial charge in [0.25, 0.3) is 5.91 Å². The van der Waals surface area contributed by atoms with Crippen LogP contribution in [0, 0.1) is 5.41 Å². The molecule has 0 aliphatic heterocycles. The van der Waals surface area contributed by atoms with Gasteiger partial charge in [0.15, 0.2) is 0 Å². The zero-order chi connectivity index (χ0) is 22.9. The number of hydrogen-bond donors (Lipinski definition) is 4. The van der Waals surface area contributed by atoms with Crippen LogP contribution in [0.3, 0.4) is 0 Å². The minimum Gasteiger partial charge on any atom is -0.376 e. The van der Waals surface area contributed by atoms with E-state index in [0.29, 0.717) is 23.5 Å². The summed E-state index contributed by atoms with van der Waals surface area (Å²) >= 11 is 0. The van der Waals surface area contributed by atoms with E-state index in [9.17, 15) is 14.4 Å². The predicted octanol–water partition coefficient (Wildman–Crippen LogP) is 4.25. The number of carbonyl (C=O) groups excluding carboxylic acids is 3. The van der Waals surface area contributed by atoms with Gasteiger partial charge in [-0.15, -0.1) is 0 Å². The summed E-state index contributed by atoms with van der Waals surface area (Å²) < 4.78 is 0. The summed E-state index contributed by atoms with van der Waals surface area (Å²) in [7, 11) is 0. The molecule has 0 fully saturated rings. The van der Waals surface area contributed by atoms with Gasteiger partial charge in [-0.2, -0.15) is 0 Å². The molecule has 0 aliphatic rings. The quantitative estimate of drug-likeness (QED) is 0.452. The molecule has 0 atom stereocenters. The third-order valence-corrected chi connectivity index (χ3v) is 4.50.